The van der Waals surface area contributed by atoms with Gasteiger partial charge in [-0.1, -0.05) is 48.4 Å². The van der Waals surface area contributed by atoms with E-state index < -0.39 is 5.60 Å². The molecule has 1 fully saturated rings. The van der Waals surface area contributed by atoms with Crippen LogP contribution in [0.1, 0.15) is 48.2 Å². The van der Waals surface area contributed by atoms with Crippen molar-refractivity contribution in [3.8, 4) is 0 Å². The Balaban J connectivity index is 1.60. The summed E-state index contributed by atoms with van der Waals surface area (Å²) in [5.74, 6) is -0.156. The van der Waals surface area contributed by atoms with Crippen LogP contribution < -0.4 is 0 Å². The lowest BCUT2D eigenvalue weighted by atomic mass is 9.85. The minimum absolute atomic E-state index is 0.156. The van der Waals surface area contributed by atoms with Gasteiger partial charge in [0.2, 0.25) is 0 Å². The van der Waals surface area contributed by atoms with Gasteiger partial charge in [0, 0.05) is 0 Å². The molecule has 4 rings (SSSR count). The molecule has 134 valence electrons. The van der Waals surface area contributed by atoms with Crippen LogP contribution in [-0.2, 0) is 21.6 Å². The Morgan fingerprint density at radius 2 is 1.92 bits per heavy atom. The number of rotatable bonds is 4. The summed E-state index contributed by atoms with van der Waals surface area (Å²) >= 11 is 1.67. The number of hydrogen-bond donors (Lipinski definition) is 0. The van der Waals surface area contributed by atoms with Crippen LogP contribution in [0.3, 0.4) is 0 Å². The van der Waals surface area contributed by atoms with Crippen LogP contribution in [0.15, 0.2) is 48.5 Å². The minimum Gasteiger partial charge on any atom is -0.451 e. The van der Waals surface area contributed by atoms with Crippen LogP contribution in [0.2, 0.25) is 0 Å². The highest BCUT2D eigenvalue weighted by Crippen LogP contribution is 2.43. The van der Waals surface area contributed by atoms with Crippen molar-refractivity contribution in [2.45, 2.75) is 51.0 Å². The molecule has 0 radical (unpaired) electrons. The van der Waals surface area contributed by atoms with E-state index in [1.807, 2.05) is 49.4 Å². The van der Waals surface area contributed by atoms with Gasteiger partial charge < -0.3 is 4.74 Å². The summed E-state index contributed by atoms with van der Waals surface area (Å²) in [5.41, 5.74) is 2.61. The first kappa shape index (κ1) is 17.2. The largest absolute Gasteiger partial charge is 0.451 e. The third-order valence-electron chi connectivity index (χ3n) is 5.09. The van der Waals surface area contributed by atoms with E-state index in [0.717, 1.165) is 52.0 Å². The average Bonchev–Trinajstić information content (AvgIpc) is 3.07. The van der Waals surface area contributed by atoms with Crippen LogP contribution >= 0.6 is 11.3 Å². The first-order valence-corrected chi connectivity index (χ1v) is 10.1. The molecule has 0 atom stereocenters. The van der Waals surface area contributed by atoms with Crippen LogP contribution in [0.4, 0.5) is 0 Å². The summed E-state index contributed by atoms with van der Waals surface area (Å²) in [6, 6.07) is 16.2. The summed E-state index contributed by atoms with van der Waals surface area (Å²) < 4.78 is 7.30. The second-order valence-corrected chi connectivity index (χ2v) is 8.21. The molecule has 0 saturated heterocycles. The number of aryl methyl sites for hydroxylation is 1. The average molecular weight is 365 g/mol. The Bertz CT molecular complexity index is 892. The predicted octanol–water partition coefficient (Wildman–Crippen LogP) is 5.55. The molecule has 2 aromatic carbocycles. The number of fused-ring (bicyclic) bond motifs is 1. The predicted molar refractivity (Wildman–Crippen MR) is 105 cm³/mol. The van der Waals surface area contributed by atoms with Gasteiger partial charge in [0.15, 0.2) is 5.60 Å². The molecule has 3 nitrogen and oxygen atoms in total. The minimum atomic E-state index is -0.553. The van der Waals surface area contributed by atoms with Gasteiger partial charge in [-0.3, -0.25) is 4.79 Å². The summed E-state index contributed by atoms with van der Waals surface area (Å²) in [5, 5.41) is 0.955. The van der Waals surface area contributed by atoms with E-state index in [1.165, 1.54) is 6.42 Å². The second kappa shape index (κ2) is 7.20. The van der Waals surface area contributed by atoms with E-state index in [-0.39, 0.29) is 5.97 Å². The van der Waals surface area contributed by atoms with Crippen LogP contribution in [-0.4, -0.2) is 11.0 Å². The molecule has 4 heteroatoms. The lowest BCUT2D eigenvalue weighted by Gasteiger charge is -2.35. The number of hydrogen-bond acceptors (Lipinski definition) is 4. The highest BCUT2D eigenvalue weighted by atomic mass is 32.1. The fourth-order valence-electron chi connectivity index (χ4n) is 3.79. The molecule has 3 aromatic rings. The van der Waals surface area contributed by atoms with Crippen LogP contribution in [0.5, 0.6) is 0 Å². The molecule has 1 aromatic heterocycles. The molecule has 0 bridgehead atoms. The van der Waals surface area contributed by atoms with Crippen molar-refractivity contribution in [1.82, 2.24) is 4.98 Å². The van der Waals surface area contributed by atoms with Gasteiger partial charge in [-0.15, -0.1) is 11.3 Å². The van der Waals surface area contributed by atoms with Crippen molar-refractivity contribution in [3.63, 3.8) is 0 Å². The Kier molecular flexibility index (Phi) is 4.77. The smallest absolute Gasteiger partial charge is 0.311 e. The molecule has 0 spiro atoms. The zero-order valence-electron chi connectivity index (χ0n) is 15.0. The molecule has 0 unspecified atom stereocenters. The van der Waals surface area contributed by atoms with Crippen molar-refractivity contribution in [1.29, 1.82) is 0 Å². The Morgan fingerprint density at radius 1 is 1.12 bits per heavy atom. The molecule has 1 aliphatic carbocycles. The molecular weight excluding hydrogens is 342 g/mol. The zero-order valence-corrected chi connectivity index (χ0v) is 15.8. The van der Waals surface area contributed by atoms with Crippen molar-refractivity contribution >= 4 is 27.5 Å². The number of para-hydroxylation sites is 1. The van der Waals surface area contributed by atoms with Gasteiger partial charge in [-0.2, -0.15) is 0 Å². The first-order chi connectivity index (χ1) is 12.6. The standard InChI is InChI=1S/C22H23NO2S/c1-16-8-7-9-17(14-16)15-20(24)25-22(12-5-2-6-13-22)21-23-18-10-3-4-11-19(18)26-21/h3-4,7-11,14H,2,5-6,12-13,15H2,1H3. The quantitative estimate of drug-likeness (QED) is 0.569. The number of esters is 1. The van der Waals surface area contributed by atoms with Crippen molar-refractivity contribution in [2.24, 2.45) is 0 Å². The maximum Gasteiger partial charge on any atom is 0.311 e. The van der Waals surface area contributed by atoms with Crippen LogP contribution in [0, 0.1) is 6.92 Å². The summed E-state index contributed by atoms with van der Waals surface area (Å²) in [6.45, 7) is 2.04. The molecule has 0 aliphatic heterocycles. The maximum absolute atomic E-state index is 12.7. The van der Waals surface area contributed by atoms with Gasteiger partial charge in [0.1, 0.15) is 5.01 Å². The number of ether oxygens (including phenoxy) is 1. The summed E-state index contributed by atoms with van der Waals surface area (Å²) in [6.07, 6.45) is 5.40. The number of aromatic nitrogens is 1. The lowest BCUT2D eigenvalue weighted by molar-refractivity contribution is -0.164. The molecule has 1 saturated carbocycles. The highest BCUT2D eigenvalue weighted by Gasteiger charge is 2.40. The van der Waals surface area contributed by atoms with Gasteiger partial charge in [-0.05, 0) is 50.3 Å². The topological polar surface area (TPSA) is 39.2 Å². The van der Waals surface area contributed by atoms with Gasteiger partial charge >= 0.3 is 5.97 Å². The molecule has 1 heterocycles. The van der Waals surface area contributed by atoms with E-state index in [2.05, 4.69) is 6.07 Å². The van der Waals surface area contributed by atoms with Crippen molar-refractivity contribution in [2.75, 3.05) is 0 Å². The van der Waals surface area contributed by atoms with Gasteiger partial charge in [0.05, 0.1) is 16.6 Å². The Morgan fingerprint density at radius 3 is 2.69 bits per heavy atom. The van der Waals surface area contributed by atoms with E-state index in [0.29, 0.717) is 6.42 Å². The molecule has 26 heavy (non-hydrogen) atoms. The SMILES string of the molecule is Cc1cccc(CC(=O)OC2(c3nc4ccccc4s3)CCCCC2)c1. The van der Waals surface area contributed by atoms with E-state index in [1.54, 1.807) is 11.3 Å². The fraction of sp³-hybridized carbons (Fsp3) is 0.364. The maximum atomic E-state index is 12.7. The number of carbonyl (C=O) groups is 1. The molecule has 1 aliphatic rings. The Hall–Kier alpha value is -2.20. The normalized spacial score (nSPS) is 16.5. The number of nitrogens with zero attached hydrogens (tertiary/aromatic N) is 1. The lowest BCUT2D eigenvalue weighted by Crippen LogP contribution is -2.35. The number of carbonyl (C=O) groups excluding carboxylic acids is 1. The van der Waals surface area contributed by atoms with Crippen molar-refractivity contribution in [3.05, 3.63) is 64.7 Å². The summed E-state index contributed by atoms with van der Waals surface area (Å²) in [4.78, 5) is 17.6. The van der Waals surface area contributed by atoms with Gasteiger partial charge in [0.25, 0.3) is 0 Å². The van der Waals surface area contributed by atoms with Crippen LogP contribution in [0.25, 0.3) is 10.2 Å². The summed E-state index contributed by atoms with van der Waals surface area (Å²) in [7, 11) is 0. The number of thiazole rings is 1. The number of benzene rings is 2. The van der Waals surface area contributed by atoms with Crippen molar-refractivity contribution < 1.29 is 9.53 Å². The highest BCUT2D eigenvalue weighted by molar-refractivity contribution is 7.18. The third-order valence-corrected chi connectivity index (χ3v) is 6.31. The first-order valence-electron chi connectivity index (χ1n) is 9.28. The monoisotopic (exact) mass is 365 g/mol. The zero-order chi connectivity index (χ0) is 18.0. The Labute approximate surface area is 158 Å². The van der Waals surface area contributed by atoms with E-state index >= 15 is 0 Å². The van der Waals surface area contributed by atoms with E-state index in [9.17, 15) is 4.79 Å². The van der Waals surface area contributed by atoms with Gasteiger partial charge in [-0.25, -0.2) is 4.98 Å². The second-order valence-electron chi connectivity index (χ2n) is 7.18. The molecule has 0 amide bonds. The third kappa shape index (κ3) is 3.51. The van der Waals surface area contributed by atoms with E-state index in [4.69, 9.17) is 9.72 Å². The fourth-order valence-corrected chi connectivity index (χ4v) is 4.94. The molecular formula is C22H23NO2S. The molecule has 0 N–H and O–H groups in total.